The first-order valence-electron chi connectivity index (χ1n) is 3.47. The number of benzene rings is 1. The Morgan fingerprint density at radius 1 is 1.33 bits per heavy atom. The van der Waals surface area contributed by atoms with E-state index in [4.69, 9.17) is 23.2 Å². The monoisotopic (exact) mass is 200 g/mol. The van der Waals surface area contributed by atoms with Crippen molar-refractivity contribution in [2.75, 3.05) is 0 Å². The van der Waals surface area contributed by atoms with Gasteiger partial charge < -0.3 is 0 Å². The van der Waals surface area contributed by atoms with Gasteiger partial charge in [0.15, 0.2) is 0 Å². The Balaban J connectivity index is 2.95. The van der Waals surface area contributed by atoms with Crippen LogP contribution in [-0.4, -0.2) is 9.78 Å². The minimum Gasteiger partial charge on any atom is -0.256 e. The molecule has 1 aromatic carbocycles. The highest BCUT2D eigenvalue weighted by Crippen LogP contribution is 2.27. The number of aryl methyl sites for hydroxylation is 1. The van der Waals surface area contributed by atoms with Gasteiger partial charge in [-0.15, -0.1) is 0 Å². The molecule has 0 amide bonds. The Kier molecular flexibility index (Phi) is 1.74. The number of aromatic nitrogens is 2. The van der Waals surface area contributed by atoms with Crippen LogP contribution >= 0.6 is 23.2 Å². The van der Waals surface area contributed by atoms with E-state index in [2.05, 4.69) is 5.10 Å². The zero-order valence-corrected chi connectivity index (χ0v) is 7.89. The molecule has 0 aliphatic heterocycles. The molecule has 0 spiro atoms. The molecule has 4 heteroatoms. The second kappa shape index (κ2) is 2.64. The number of fused-ring (bicyclic) bond motifs is 1. The zero-order valence-electron chi connectivity index (χ0n) is 6.38. The lowest BCUT2D eigenvalue weighted by Crippen LogP contribution is -1.87. The normalized spacial score (nSPS) is 10.9. The predicted octanol–water partition coefficient (Wildman–Crippen LogP) is 2.88. The fourth-order valence-corrected chi connectivity index (χ4v) is 1.55. The van der Waals surface area contributed by atoms with Crippen LogP contribution in [0.25, 0.3) is 10.9 Å². The van der Waals surface area contributed by atoms with Gasteiger partial charge in [-0.25, -0.2) is 0 Å². The van der Waals surface area contributed by atoms with Crippen molar-refractivity contribution in [1.29, 1.82) is 0 Å². The molecule has 1 heterocycles. The molecule has 2 aromatic rings. The minimum absolute atomic E-state index is 0.618. The first-order chi connectivity index (χ1) is 5.70. The summed E-state index contributed by atoms with van der Waals surface area (Å²) in [6.07, 6.45) is 0. The van der Waals surface area contributed by atoms with E-state index in [-0.39, 0.29) is 0 Å². The number of rotatable bonds is 0. The van der Waals surface area contributed by atoms with Crippen molar-refractivity contribution in [3.05, 3.63) is 28.4 Å². The maximum atomic E-state index is 5.96. The summed E-state index contributed by atoms with van der Waals surface area (Å²) >= 11 is 11.9. The van der Waals surface area contributed by atoms with E-state index in [1.807, 2.05) is 12.1 Å². The zero-order chi connectivity index (χ0) is 8.72. The van der Waals surface area contributed by atoms with E-state index in [0.29, 0.717) is 10.2 Å². The summed E-state index contributed by atoms with van der Waals surface area (Å²) in [6, 6.07) is 5.56. The highest BCUT2D eigenvalue weighted by molar-refractivity contribution is 6.38. The summed E-state index contributed by atoms with van der Waals surface area (Å²) in [5, 5.41) is 6.31. The highest BCUT2D eigenvalue weighted by Gasteiger charge is 2.07. The van der Waals surface area contributed by atoms with Crippen LogP contribution in [0, 0.1) is 0 Å². The third-order valence-corrected chi connectivity index (χ3v) is 2.50. The Bertz CT molecular complexity index is 434. The first-order valence-corrected chi connectivity index (χ1v) is 4.22. The summed E-state index contributed by atoms with van der Waals surface area (Å²) in [7, 11) is 1.79. The Hall–Kier alpha value is -0.730. The maximum Gasteiger partial charge on any atom is 0.134 e. The number of hydrogen-bond donors (Lipinski definition) is 0. The van der Waals surface area contributed by atoms with Crippen molar-refractivity contribution in [2.45, 2.75) is 0 Å². The molecule has 0 fully saturated rings. The van der Waals surface area contributed by atoms with Gasteiger partial charge in [0.25, 0.3) is 0 Å². The first kappa shape index (κ1) is 7.90. The van der Waals surface area contributed by atoms with Crippen LogP contribution in [0.5, 0.6) is 0 Å². The molecular formula is C8H6Cl2N2. The molecule has 0 saturated carbocycles. The van der Waals surface area contributed by atoms with Crippen molar-refractivity contribution in [3.63, 3.8) is 0 Å². The minimum atomic E-state index is 0.618. The summed E-state index contributed by atoms with van der Waals surface area (Å²) in [6.45, 7) is 0. The van der Waals surface area contributed by atoms with Gasteiger partial charge in [0.05, 0.1) is 5.02 Å². The second-order valence-corrected chi connectivity index (χ2v) is 3.32. The standard InChI is InChI=1S/C8H6Cl2N2/c1-12-8(10)5-3-2-4-6(9)7(5)11-12/h2-4H,1H3. The van der Waals surface area contributed by atoms with Gasteiger partial charge in [0, 0.05) is 12.4 Å². The molecule has 0 aliphatic carbocycles. The molecule has 0 atom stereocenters. The number of halogens is 2. The SMILES string of the molecule is Cn1nc2c(Cl)cccc2c1Cl. The second-order valence-electron chi connectivity index (χ2n) is 2.55. The van der Waals surface area contributed by atoms with Crippen LogP contribution in [0.1, 0.15) is 0 Å². The third kappa shape index (κ3) is 0.993. The van der Waals surface area contributed by atoms with Crippen LogP contribution in [-0.2, 0) is 7.05 Å². The number of nitrogens with zero attached hydrogens (tertiary/aromatic N) is 2. The van der Waals surface area contributed by atoms with Crippen LogP contribution in [0.2, 0.25) is 10.2 Å². The van der Waals surface area contributed by atoms with E-state index >= 15 is 0 Å². The third-order valence-electron chi connectivity index (χ3n) is 1.74. The Morgan fingerprint density at radius 2 is 2.08 bits per heavy atom. The van der Waals surface area contributed by atoms with Crippen molar-refractivity contribution in [2.24, 2.45) is 7.05 Å². The summed E-state index contributed by atoms with van der Waals surface area (Å²) in [5.41, 5.74) is 0.756. The molecule has 12 heavy (non-hydrogen) atoms. The molecule has 1 aromatic heterocycles. The van der Waals surface area contributed by atoms with Gasteiger partial charge in [-0.1, -0.05) is 29.3 Å². The van der Waals surface area contributed by atoms with Crippen molar-refractivity contribution < 1.29 is 0 Å². The lowest BCUT2D eigenvalue weighted by Gasteiger charge is -1.89. The highest BCUT2D eigenvalue weighted by atomic mass is 35.5. The van der Waals surface area contributed by atoms with Gasteiger partial charge in [-0.3, -0.25) is 4.68 Å². The van der Waals surface area contributed by atoms with Crippen molar-refractivity contribution in [3.8, 4) is 0 Å². The van der Waals surface area contributed by atoms with Gasteiger partial charge in [-0.05, 0) is 12.1 Å². The van der Waals surface area contributed by atoms with E-state index < -0.39 is 0 Å². The van der Waals surface area contributed by atoms with E-state index in [9.17, 15) is 0 Å². The fourth-order valence-electron chi connectivity index (χ4n) is 1.15. The van der Waals surface area contributed by atoms with Crippen molar-refractivity contribution >= 4 is 34.1 Å². The lowest BCUT2D eigenvalue weighted by atomic mass is 10.3. The molecule has 0 unspecified atom stereocenters. The molecule has 2 nitrogen and oxygen atoms in total. The van der Waals surface area contributed by atoms with Crippen LogP contribution in [0.15, 0.2) is 18.2 Å². The Labute approximate surface area is 79.7 Å². The van der Waals surface area contributed by atoms with E-state index in [0.717, 1.165) is 10.9 Å². The van der Waals surface area contributed by atoms with Crippen LogP contribution in [0.4, 0.5) is 0 Å². The average molecular weight is 201 g/mol. The van der Waals surface area contributed by atoms with E-state index in [1.54, 1.807) is 17.8 Å². The number of hydrogen-bond acceptors (Lipinski definition) is 1. The van der Waals surface area contributed by atoms with Gasteiger partial charge >= 0.3 is 0 Å². The summed E-state index contributed by atoms with van der Waals surface area (Å²) in [4.78, 5) is 0. The van der Waals surface area contributed by atoms with Gasteiger partial charge in [0.1, 0.15) is 10.7 Å². The smallest absolute Gasteiger partial charge is 0.134 e. The summed E-state index contributed by atoms with van der Waals surface area (Å²) < 4.78 is 1.61. The molecule has 0 saturated heterocycles. The Morgan fingerprint density at radius 3 is 2.75 bits per heavy atom. The summed E-state index contributed by atoms with van der Waals surface area (Å²) in [5.74, 6) is 0. The largest absolute Gasteiger partial charge is 0.256 e. The van der Waals surface area contributed by atoms with Crippen LogP contribution < -0.4 is 0 Å². The van der Waals surface area contributed by atoms with Crippen molar-refractivity contribution in [1.82, 2.24) is 9.78 Å². The predicted molar refractivity (Wildman–Crippen MR) is 50.7 cm³/mol. The average Bonchev–Trinajstić information content (AvgIpc) is 2.32. The topological polar surface area (TPSA) is 17.8 Å². The quantitative estimate of drug-likeness (QED) is 0.640. The molecule has 2 rings (SSSR count). The van der Waals surface area contributed by atoms with Gasteiger partial charge in [-0.2, -0.15) is 5.10 Å². The van der Waals surface area contributed by atoms with Crippen LogP contribution in [0.3, 0.4) is 0 Å². The molecule has 0 aliphatic rings. The molecular weight excluding hydrogens is 195 g/mol. The lowest BCUT2D eigenvalue weighted by molar-refractivity contribution is 0.780. The fraction of sp³-hybridized carbons (Fsp3) is 0.125. The van der Waals surface area contributed by atoms with E-state index in [1.165, 1.54) is 0 Å². The molecule has 0 radical (unpaired) electrons. The van der Waals surface area contributed by atoms with Gasteiger partial charge in [0.2, 0.25) is 0 Å². The maximum absolute atomic E-state index is 5.96. The molecule has 0 N–H and O–H groups in total. The molecule has 0 bridgehead atoms. The molecule has 62 valence electrons.